The van der Waals surface area contributed by atoms with Gasteiger partial charge in [-0.25, -0.2) is 0 Å². The number of hydrogen-bond donors (Lipinski definition) is 3. The van der Waals surface area contributed by atoms with Crippen molar-refractivity contribution >= 4 is 17.3 Å². The number of nitrogens with one attached hydrogen (secondary N) is 1. The summed E-state index contributed by atoms with van der Waals surface area (Å²) in [7, 11) is 0. The van der Waals surface area contributed by atoms with E-state index >= 15 is 0 Å². The predicted octanol–water partition coefficient (Wildman–Crippen LogP) is 4.64. The summed E-state index contributed by atoms with van der Waals surface area (Å²) >= 11 is 5.87. The Hall–Kier alpha value is -2.53. The summed E-state index contributed by atoms with van der Waals surface area (Å²) in [6.45, 7) is -0.329. The average molecular weight is 370 g/mol. The van der Waals surface area contributed by atoms with Crippen molar-refractivity contribution in [3.8, 4) is 11.5 Å². The van der Waals surface area contributed by atoms with Crippen molar-refractivity contribution < 1.29 is 14.9 Å². The fraction of sp³-hybridized carbons (Fsp3) is 0.143. The van der Waals surface area contributed by atoms with Crippen LogP contribution in [0.15, 0.2) is 78.9 Å². The molecule has 0 spiro atoms. The van der Waals surface area contributed by atoms with E-state index in [0.29, 0.717) is 16.5 Å². The summed E-state index contributed by atoms with van der Waals surface area (Å²) in [6, 6.07) is 23.7. The molecule has 3 N–H and O–H groups in total. The maximum Gasteiger partial charge on any atom is 0.127 e. The van der Waals surface area contributed by atoms with E-state index in [4.69, 9.17) is 16.3 Å². The third-order valence-electron chi connectivity index (χ3n) is 3.96. The number of aliphatic hydroxyl groups excluding tert-OH is 2. The van der Waals surface area contributed by atoms with Crippen molar-refractivity contribution in [2.24, 2.45) is 0 Å². The number of aliphatic hydroxyl groups is 2. The molecule has 0 unspecified atom stereocenters. The van der Waals surface area contributed by atoms with Crippen molar-refractivity contribution in [1.29, 1.82) is 0 Å². The summed E-state index contributed by atoms with van der Waals surface area (Å²) in [5, 5.41) is 23.4. The van der Waals surface area contributed by atoms with Crippen molar-refractivity contribution in [3.63, 3.8) is 0 Å². The molecule has 0 radical (unpaired) electrons. The highest BCUT2D eigenvalue weighted by Crippen LogP contribution is 2.27. The summed E-state index contributed by atoms with van der Waals surface area (Å²) in [5.41, 5.74) is 1.71. The molecule has 0 aliphatic heterocycles. The monoisotopic (exact) mass is 369 g/mol. The second-order valence-corrected chi connectivity index (χ2v) is 6.30. The van der Waals surface area contributed by atoms with Gasteiger partial charge in [0.2, 0.25) is 0 Å². The quantitative estimate of drug-likeness (QED) is 0.567. The van der Waals surface area contributed by atoms with E-state index < -0.39 is 12.1 Å². The maximum atomic E-state index is 10.2. The number of rotatable bonds is 7. The Bertz CT molecular complexity index is 807. The lowest BCUT2D eigenvalue weighted by Crippen LogP contribution is -2.28. The van der Waals surface area contributed by atoms with Crippen LogP contribution >= 0.6 is 11.6 Å². The zero-order chi connectivity index (χ0) is 18.4. The smallest absolute Gasteiger partial charge is 0.127 e. The topological polar surface area (TPSA) is 61.7 Å². The SMILES string of the molecule is OC[C@@H](O)[C@@H](Nc1ccc(Oc2ccc(Cl)cc2)cc1)c1ccccc1. The highest BCUT2D eigenvalue weighted by molar-refractivity contribution is 6.30. The van der Waals surface area contributed by atoms with Gasteiger partial charge in [-0.3, -0.25) is 0 Å². The van der Waals surface area contributed by atoms with Gasteiger partial charge >= 0.3 is 0 Å². The largest absolute Gasteiger partial charge is 0.457 e. The van der Waals surface area contributed by atoms with Gasteiger partial charge in [0, 0.05) is 10.7 Å². The van der Waals surface area contributed by atoms with Crippen LogP contribution in [0.3, 0.4) is 0 Å². The van der Waals surface area contributed by atoms with Crippen molar-refractivity contribution in [3.05, 3.63) is 89.4 Å². The molecule has 4 nitrogen and oxygen atoms in total. The third-order valence-corrected chi connectivity index (χ3v) is 4.21. The summed E-state index contributed by atoms with van der Waals surface area (Å²) in [5.74, 6) is 1.39. The second-order valence-electron chi connectivity index (χ2n) is 5.86. The van der Waals surface area contributed by atoms with E-state index in [1.54, 1.807) is 24.3 Å². The molecule has 2 atom stereocenters. The van der Waals surface area contributed by atoms with Gasteiger partial charge in [0.25, 0.3) is 0 Å². The Kier molecular flexibility index (Phi) is 6.12. The van der Waals surface area contributed by atoms with Crippen molar-refractivity contribution in [2.45, 2.75) is 12.1 Å². The van der Waals surface area contributed by atoms with E-state index in [2.05, 4.69) is 5.32 Å². The van der Waals surface area contributed by atoms with Crippen LogP contribution in [0.2, 0.25) is 5.02 Å². The fourth-order valence-corrected chi connectivity index (χ4v) is 2.73. The molecule has 3 aromatic rings. The van der Waals surface area contributed by atoms with Gasteiger partial charge in [-0.05, 0) is 54.1 Å². The Balaban J connectivity index is 1.71. The molecular weight excluding hydrogens is 350 g/mol. The van der Waals surface area contributed by atoms with Crippen molar-refractivity contribution in [2.75, 3.05) is 11.9 Å². The van der Waals surface area contributed by atoms with Gasteiger partial charge in [0.1, 0.15) is 17.6 Å². The number of halogens is 1. The van der Waals surface area contributed by atoms with E-state index in [1.807, 2.05) is 54.6 Å². The number of anilines is 1. The van der Waals surface area contributed by atoms with Crippen LogP contribution in [-0.2, 0) is 0 Å². The molecule has 0 saturated carbocycles. The summed E-state index contributed by atoms with van der Waals surface area (Å²) in [6.07, 6.45) is -0.914. The van der Waals surface area contributed by atoms with E-state index in [1.165, 1.54) is 0 Å². The lowest BCUT2D eigenvalue weighted by Gasteiger charge is -2.24. The molecule has 0 fully saturated rings. The molecule has 3 rings (SSSR count). The van der Waals surface area contributed by atoms with Crippen LogP contribution in [0, 0.1) is 0 Å². The Labute approximate surface area is 157 Å². The standard InChI is InChI=1S/C21H20ClNO3/c22-16-6-10-18(11-7-16)26-19-12-8-17(9-13-19)23-21(20(25)14-24)15-4-2-1-3-5-15/h1-13,20-21,23-25H,14H2/t20-,21+/m1/s1. The molecule has 134 valence electrons. The molecule has 0 saturated heterocycles. The first-order chi connectivity index (χ1) is 12.7. The van der Waals surface area contributed by atoms with Crippen LogP contribution in [0.4, 0.5) is 5.69 Å². The van der Waals surface area contributed by atoms with Gasteiger partial charge in [-0.1, -0.05) is 41.9 Å². The minimum atomic E-state index is -0.914. The molecule has 0 bridgehead atoms. The van der Waals surface area contributed by atoms with Crippen LogP contribution in [0.25, 0.3) is 0 Å². The number of benzene rings is 3. The van der Waals surface area contributed by atoms with E-state index in [9.17, 15) is 10.2 Å². The minimum absolute atomic E-state index is 0.329. The van der Waals surface area contributed by atoms with Gasteiger partial charge in [-0.15, -0.1) is 0 Å². The number of ether oxygens (including phenoxy) is 1. The average Bonchev–Trinajstić information content (AvgIpc) is 2.69. The van der Waals surface area contributed by atoms with Crippen LogP contribution in [0.5, 0.6) is 11.5 Å². The van der Waals surface area contributed by atoms with Gasteiger partial charge in [0.05, 0.1) is 12.6 Å². The van der Waals surface area contributed by atoms with Crippen LogP contribution in [0.1, 0.15) is 11.6 Å². The lowest BCUT2D eigenvalue weighted by atomic mass is 10.0. The van der Waals surface area contributed by atoms with E-state index in [0.717, 1.165) is 11.3 Å². The molecule has 5 heteroatoms. The highest BCUT2D eigenvalue weighted by atomic mass is 35.5. The molecule has 3 aromatic carbocycles. The summed E-state index contributed by atoms with van der Waals surface area (Å²) in [4.78, 5) is 0. The zero-order valence-electron chi connectivity index (χ0n) is 14.0. The fourth-order valence-electron chi connectivity index (χ4n) is 2.60. The predicted molar refractivity (Wildman–Crippen MR) is 104 cm³/mol. The Morgan fingerprint density at radius 1 is 0.846 bits per heavy atom. The Morgan fingerprint density at radius 2 is 1.42 bits per heavy atom. The van der Waals surface area contributed by atoms with Gasteiger partial charge in [0.15, 0.2) is 0 Å². The molecular formula is C21H20ClNO3. The second kappa shape index (κ2) is 8.72. The first kappa shape index (κ1) is 18.3. The maximum absolute atomic E-state index is 10.2. The highest BCUT2D eigenvalue weighted by Gasteiger charge is 2.20. The minimum Gasteiger partial charge on any atom is -0.457 e. The van der Waals surface area contributed by atoms with Crippen LogP contribution < -0.4 is 10.1 Å². The van der Waals surface area contributed by atoms with Gasteiger partial charge < -0.3 is 20.3 Å². The molecule has 26 heavy (non-hydrogen) atoms. The summed E-state index contributed by atoms with van der Waals surface area (Å²) < 4.78 is 5.77. The molecule has 0 aliphatic carbocycles. The third kappa shape index (κ3) is 4.76. The normalized spacial score (nSPS) is 13.0. The molecule has 0 aliphatic rings. The zero-order valence-corrected chi connectivity index (χ0v) is 14.8. The van der Waals surface area contributed by atoms with Gasteiger partial charge in [-0.2, -0.15) is 0 Å². The Morgan fingerprint density at radius 3 is 2.00 bits per heavy atom. The number of hydrogen-bond acceptors (Lipinski definition) is 4. The lowest BCUT2D eigenvalue weighted by molar-refractivity contribution is 0.0795. The molecule has 0 amide bonds. The first-order valence-corrected chi connectivity index (χ1v) is 8.67. The van der Waals surface area contributed by atoms with Crippen LogP contribution in [-0.4, -0.2) is 22.9 Å². The first-order valence-electron chi connectivity index (χ1n) is 8.29. The van der Waals surface area contributed by atoms with Crippen molar-refractivity contribution in [1.82, 2.24) is 0 Å². The molecule has 0 heterocycles. The van der Waals surface area contributed by atoms with E-state index in [-0.39, 0.29) is 6.61 Å². The molecule has 0 aromatic heterocycles.